The molecule has 18 atom stereocenters. The van der Waals surface area contributed by atoms with E-state index in [1.54, 1.807) is 34.6 Å². The number of fused-ring (bicyclic) bond motifs is 7. The number of carbonyl (C=O) groups excluding carboxylic acids is 6. The largest absolute Gasteiger partial charge is 2.00 e. The van der Waals surface area contributed by atoms with Crippen LogP contribution in [-0.2, 0) is 104 Å². The van der Waals surface area contributed by atoms with Gasteiger partial charge in [0.2, 0.25) is 0 Å². The molecule has 8 unspecified atom stereocenters. The van der Waals surface area contributed by atoms with Crippen LogP contribution >= 0.6 is 0 Å². The number of aliphatic hydroxyl groups is 3. The van der Waals surface area contributed by atoms with Gasteiger partial charge in [0.05, 0.1) is 68.3 Å². The zero-order valence-electron chi connectivity index (χ0n) is 77.2. The first-order valence-corrected chi connectivity index (χ1v) is 47.0. The van der Waals surface area contributed by atoms with Crippen molar-refractivity contribution in [2.75, 3.05) is 0 Å². The molecule has 5 aliphatic carbocycles. The summed E-state index contributed by atoms with van der Waals surface area (Å²) in [5, 5.41) is 47.7. The Hall–Kier alpha value is -7.37. The predicted molar refractivity (Wildman–Crippen MR) is 467 cm³/mol. The number of ether oxygens (including phenoxy) is 6. The number of rotatable bonds is 23. The Balaban J connectivity index is 0.000000232. The van der Waals surface area contributed by atoms with Gasteiger partial charge in [-0.3, -0.25) is 38.5 Å². The van der Waals surface area contributed by atoms with E-state index in [2.05, 4.69) is 145 Å². The number of benzene rings is 4. The summed E-state index contributed by atoms with van der Waals surface area (Å²) in [6, 6.07) is 41.7. The molecule has 694 valence electrons. The van der Waals surface area contributed by atoms with E-state index in [9.17, 15) is 80.5 Å². The molecular weight excluding hydrogens is 1710 g/mol. The summed E-state index contributed by atoms with van der Waals surface area (Å²) in [4.78, 5) is 101. The molecule has 2 bridgehead atoms. The van der Waals surface area contributed by atoms with Gasteiger partial charge in [0.25, 0.3) is 5.56 Å². The van der Waals surface area contributed by atoms with Crippen molar-refractivity contribution in [3.63, 3.8) is 0 Å². The van der Waals surface area contributed by atoms with Crippen LogP contribution in [0.3, 0.4) is 0 Å². The molecule has 4 saturated carbocycles. The summed E-state index contributed by atoms with van der Waals surface area (Å²) < 4.78 is 88.4. The van der Waals surface area contributed by atoms with Crippen molar-refractivity contribution in [1.82, 2.24) is 9.97 Å². The maximum absolute atomic E-state index is 13.0. The van der Waals surface area contributed by atoms with Gasteiger partial charge in [0.1, 0.15) is 12.2 Å². The van der Waals surface area contributed by atoms with Gasteiger partial charge in [-0.05, 0) is 292 Å². The van der Waals surface area contributed by atoms with Crippen molar-refractivity contribution >= 4 is 62.8 Å². The number of carboxylic acids is 2. The summed E-state index contributed by atoms with van der Waals surface area (Å²) in [7, 11) is -5.87. The monoisotopic (exact) mass is 1850 g/mol. The van der Waals surface area contributed by atoms with Crippen molar-refractivity contribution in [2.24, 2.45) is 79.3 Å². The normalized spacial score (nSPS) is 26.7. The minimum atomic E-state index is -5.86. The molecule has 5 aromatic rings. The first-order chi connectivity index (χ1) is 58.3. The number of esters is 5. The van der Waals surface area contributed by atoms with Crippen LogP contribution in [0.25, 0.3) is 0 Å². The molecule has 13 rings (SSSR count). The third-order valence-corrected chi connectivity index (χ3v) is 31.5. The number of alkyl halides is 2. The maximum Gasteiger partial charge on any atom is 2.00 e. The Morgan fingerprint density at radius 2 is 1.14 bits per heavy atom. The Kier molecular flexibility index (Phi) is 38.7. The fraction of sp³-hybridized carbons (Fsp3) is 0.639. The second-order valence-corrected chi connectivity index (χ2v) is 41.9. The molecule has 24 nitrogen and oxygen atoms in total. The number of hydrogen-bond donors (Lipinski definition) is 5. The van der Waals surface area contributed by atoms with Crippen LogP contribution in [0, 0.1) is 79.3 Å². The second kappa shape index (κ2) is 45.5. The molecule has 4 aromatic carbocycles. The molecule has 7 fully saturated rings. The van der Waals surface area contributed by atoms with Crippen molar-refractivity contribution in [1.29, 1.82) is 0 Å². The van der Waals surface area contributed by atoms with Crippen LogP contribution in [0.4, 0.5) is 8.78 Å². The SMILES string of the molecule is CCC(C)(C)C(=O)O.CCC(C)(C)C(=O)OC(C)C(F)(F)S(=O)(=O)[O-].CCC(C)(C)C(=O)OC1C2CC3C(=O)OC1C3O2.CCC(C)(C)C(=O)OC1CCCCc2ccccc21.CCC(C)(C)C(=O)Oc1nccc(=O)[nH]1.C[C@H](CCC(=O)[O-])C1CC[C@H]2[C@@H]3[C@H](O)C[C@@H]4C[C@H](O)CC[C@]4(C)[C@H]3C[C@H](O)[C@]12C.[Zn+2].c1ccc([S+](c2ccccc2)c2ccccc2)cc1. The maximum atomic E-state index is 13.0. The number of H-pyrrole nitrogens is 1. The van der Waals surface area contributed by atoms with Crippen molar-refractivity contribution in [3.05, 3.63) is 149 Å². The van der Waals surface area contributed by atoms with E-state index in [0.717, 1.165) is 70.6 Å². The second-order valence-electron chi connectivity index (χ2n) is 38.4. The summed E-state index contributed by atoms with van der Waals surface area (Å²) in [6.45, 7) is 34.3. The first-order valence-electron chi connectivity index (χ1n) is 44.4. The van der Waals surface area contributed by atoms with Crippen molar-refractivity contribution in [3.8, 4) is 6.01 Å². The molecule has 3 aliphatic heterocycles. The van der Waals surface area contributed by atoms with Gasteiger partial charge in [-0.25, -0.2) is 13.4 Å². The molecule has 1 aromatic heterocycles. The number of carboxylic acid groups (broad SMARTS) is 2. The number of aliphatic hydroxyl groups excluding tert-OH is 3. The molecule has 4 heterocycles. The van der Waals surface area contributed by atoms with Crippen LogP contribution in [-0.4, -0.2) is 139 Å². The fourth-order valence-corrected chi connectivity index (χ4v) is 20.2. The van der Waals surface area contributed by atoms with Crippen LogP contribution < -0.4 is 15.4 Å². The number of aromatic amines is 1. The average Bonchev–Trinajstić information content (AvgIpc) is 1.50. The topological polar surface area (TPSA) is 382 Å². The van der Waals surface area contributed by atoms with E-state index in [-0.39, 0.29) is 143 Å². The van der Waals surface area contributed by atoms with Gasteiger partial charge < -0.3 is 63.3 Å². The summed E-state index contributed by atoms with van der Waals surface area (Å²) in [5.74, 6) is -2.14. The van der Waals surface area contributed by atoms with Crippen LogP contribution in [0.1, 0.15) is 264 Å². The molecule has 126 heavy (non-hydrogen) atoms. The molecule has 0 amide bonds. The molecule has 0 spiro atoms. The molecule has 29 heteroatoms. The quantitative estimate of drug-likeness (QED) is 0.0101. The Labute approximate surface area is 759 Å². The van der Waals surface area contributed by atoms with Gasteiger partial charge >= 0.3 is 66.6 Å². The van der Waals surface area contributed by atoms with Gasteiger partial charge in [0.15, 0.2) is 43.1 Å². The van der Waals surface area contributed by atoms with Crippen molar-refractivity contribution in [2.45, 2.75) is 328 Å². The van der Waals surface area contributed by atoms with Crippen molar-refractivity contribution < 1.29 is 129 Å². The van der Waals surface area contributed by atoms with E-state index < -0.39 is 85.3 Å². The standard InChI is InChI=1S/C24H40O5.C18H15S.C17H24O2.C13H18O5.C10H14N2O3.C9H16F2O5S.C6H12O2.Zn/c1-13(4-7-21(28)29)16-5-6-17-22-18(12-20(27)24(16,17)3)23(2)9-8-15(25)10-14(23)11-19(22)26;1-4-10-16(11-5-1)19(17-12-6-2-7-13-17)18-14-8-3-9-15-18;1-4-17(2,3)16(18)19-15-12-8-6-10-13-9-5-7-11-14(13)15;1-4-13(2,3)12(15)18-9-7-5-6-8(16-7)10(9)17-11(6)14;1-4-10(2,3)8(14)15-9-11-6-5-7(13)12-9;1-5-8(3,4)7(12)16-6(2)9(10,11)17(13,14)15;1-4-6(2,3)5(7)8;/h13-20,22,25-27H,4-12H2,1-3H3,(H,28,29);1-15H;5,7,9,11,15H,4,6,8,10,12H2,1-3H3;6-10H,4-5H2,1-3H3;5-6H,4H2,1-3H3,(H,11,12,13);6H,5H2,1-4H3,(H,13,14,15);4H2,1-3H3,(H,7,8);/q;+1;;;;;;+2/p-2/t13-,14+,15-,16?,17+,18+,19-,20+,22+,23+,24-;;;;;;;/m1......./s1. The number of aryl methyl sites for hydroxylation is 1. The molecule has 0 radical (unpaired) electrons. The molecular formula is C97H137F2N2O22S2Zn+. The minimum absolute atomic E-state index is 0. The van der Waals surface area contributed by atoms with Gasteiger partial charge in [-0.1, -0.05) is 134 Å². The number of aromatic nitrogens is 2. The Morgan fingerprint density at radius 3 is 1.64 bits per heavy atom. The number of nitrogens with one attached hydrogen (secondary N) is 1. The smallest absolute Gasteiger partial charge is 0.743 e. The fourth-order valence-electron chi connectivity index (χ4n) is 17.7. The molecule has 8 aliphatic rings. The van der Waals surface area contributed by atoms with Crippen LogP contribution in [0.15, 0.2) is 147 Å². The predicted octanol–water partition coefficient (Wildman–Crippen LogP) is 16.5. The number of aliphatic carboxylic acids is 2. The third kappa shape index (κ3) is 26.5. The van der Waals surface area contributed by atoms with E-state index >= 15 is 0 Å². The Bertz CT molecular complexity index is 4480. The van der Waals surface area contributed by atoms with E-state index in [1.807, 2.05) is 61.5 Å². The Morgan fingerprint density at radius 1 is 0.635 bits per heavy atom. The number of hydrogen-bond acceptors (Lipinski definition) is 22. The summed E-state index contributed by atoms with van der Waals surface area (Å²) >= 11 is 0. The zero-order valence-corrected chi connectivity index (χ0v) is 81.8. The summed E-state index contributed by atoms with van der Waals surface area (Å²) in [6.07, 6.45) is 11.6. The number of carbonyl (C=O) groups is 7. The van der Waals surface area contributed by atoms with Crippen LogP contribution in [0.2, 0.25) is 0 Å². The van der Waals surface area contributed by atoms with Gasteiger partial charge in [0, 0.05) is 18.2 Å². The van der Waals surface area contributed by atoms with Gasteiger partial charge in [-0.2, -0.15) is 8.78 Å². The minimum Gasteiger partial charge on any atom is -0.743 e. The number of halogens is 2. The van der Waals surface area contributed by atoms with E-state index in [4.69, 9.17) is 28.8 Å². The van der Waals surface area contributed by atoms with Gasteiger partial charge in [-0.15, -0.1) is 0 Å². The average molecular weight is 1850 g/mol. The van der Waals surface area contributed by atoms with Crippen LogP contribution in [0.5, 0.6) is 6.01 Å². The van der Waals surface area contributed by atoms with E-state index in [1.165, 1.54) is 58.3 Å². The molecule has 5 N–H and O–H groups in total. The summed E-state index contributed by atoms with van der Waals surface area (Å²) in [5.41, 5.74) is -1.000. The van der Waals surface area contributed by atoms with E-state index in [0.29, 0.717) is 57.3 Å². The zero-order chi connectivity index (χ0) is 93.3. The number of nitrogens with zero attached hydrogens (tertiary/aromatic N) is 1. The first kappa shape index (κ1) is 107. The molecule has 3 saturated heterocycles. The third-order valence-electron chi connectivity index (χ3n) is 28.2.